The van der Waals surface area contributed by atoms with Crippen LogP contribution in [0.4, 0.5) is 0 Å². The molecule has 1 heterocycles. The number of hydrogen-bond donors (Lipinski definition) is 5. The van der Waals surface area contributed by atoms with E-state index in [1.807, 2.05) is 0 Å². The molecule has 0 aromatic heterocycles. The fraction of sp³-hybridized carbons (Fsp3) is 0.875. The van der Waals surface area contributed by atoms with Crippen LogP contribution < -0.4 is 5.73 Å². The molecule has 1 rings (SSSR count). The molecular formula is C8H15NO6. The maximum Gasteiger partial charge on any atom is 0.244 e. The Hall–Kier alpha value is -0.570. The highest BCUT2D eigenvalue weighted by Gasteiger charge is 2.54. The summed E-state index contributed by atoms with van der Waals surface area (Å²) in [6, 6.07) is -1.45. The van der Waals surface area contributed by atoms with Crippen molar-refractivity contribution >= 4 is 5.78 Å². The zero-order chi connectivity index (χ0) is 11.8. The second-order valence-corrected chi connectivity index (χ2v) is 3.60. The summed E-state index contributed by atoms with van der Waals surface area (Å²) in [4.78, 5) is 11.1. The van der Waals surface area contributed by atoms with Gasteiger partial charge >= 0.3 is 0 Å². The molecule has 0 aliphatic carbocycles. The Labute approximate surface area is 86.1 Å². The van der Waals surface area contributed by atoms with E-state index in [-0.39, 0.29) is 0 Å². The van der Waals surface area contributed by atoms with Crippen molar-refractivity contribution in [3.05, 3.63) is 0 Å². The lowest BCUT2D eigenvalue weighted by atomic mass is 9.95. The van der Waals surface area contributed by atoms with Crippen LogP contribution in [0, 0.1) is 0 Å². The number of carbonyl (C=O) groups excluding carboxylic acids is 1. The van der Waals surface area contributed by atoms with Gasteiger partial charge in [-0.15, -0.1) is 0 Å². The standard InChI is InChI=1S/C8H15NO6/c1-3(11)8(14)7(9)6(13)5(12)4(2-10)15-8/h4-7,10,12-14H,2,9H2,1H3/t4-,5-,6+,7-,8?/m1/s1/i3+2. The van der Waals surface area contributed by atoms with E-state index in [0.717, 1.165) is 6.92 Å². The Bertz CT molecular complexity index is 258. The monoisotopic (exact) mass is 223 g/mol. The van der Waals surface area contributed by atoms with Gasteiger partial charge in [0.05, 0.1) is 12.6 Å². The van der Waals surface area contributed by atoms with Crippen LogP contribution in [-0.2, 0) is 9.53 Å². The molecule has 15 heavy (non-hydrogen) atoms. The Balaban J connectivity index is 2.97. The van der Waals surface area contributed by atoms with E-state index >= 15 is 0 Å². The Morgan fingerprint density at radius 3 is 2.40 bits per heavy atom. The fourth-order valence-electron chi connectivity index (χ4n) is 1.51. The van der Waals surface area contributed by atoms with Crippen molar-refractivity contribution in [3.8, 4) is 0 Å². The van der Waals surface area contributed by atoms with E-state index in [2.05, 4.69) is 0 Å². The molecular weight excluding hydrogens is 208 g/mol. The predicted octanol–water partition coefficient (Wildman–Crippen LogP) is -3.30. The van der Waals surface area contributed by atoms with Crippen LogP contribution in [0.15, 0.2) is 0 Å². The average molecular weight is 223 g/mol. The molecule has 0 radical (unpaired) electrons. The highest BCUT2D eigenvalue weighted by atomic mass is 16.7. The first-order valence-corrected chi connectivity index (χ1v) is 4.48. The smallest absolute Gasteiger partial charge is 0.244 e. The second kappa shape index (κ2) is 4.12. The van der Waals surface area contributed by atoms with Gasteiger partial charge in [0.2, 0.25) is 5.79 Å². The van der Waals surface area contributed by atoms with Gasteiger partial charge in [-0.1, -0.05) is 0 Å². The van der Waals surface area contributed by atoms with E-state index in [4.69, 9.17) is 15.6 Å². The fourth-order valence-corrected chi connectivity index (χ4v) is 1.51. The SMILES string of the molecule is C[14C](=O)C1(O)O[C@H](CO)[C@@H](O)[C@H](O)[C@H]1N. The Kier molecular flexibility index (Phi) is 3.44. The van der Waals surface area contributed by atoms with Crippen LogP contribution in [-0.4, -0.2) is 63.0 Å². The molecule has 1 saturated heterocycles. The summed E-state index contributed by atoms with van der Waals surface area (Å²) in [6.07, 6.45) is -4.22. The van der Waals surface area contributed by atoms with Crippen LogP contribution >= 0.6 is 0 Å². The molecule has 5 atom stereocenters. The van der Waals surface area contributed by atoms with E-state index < -0.39 is 42.5 Å². The molecule has 1 unspecified atom stereocenters. The third kappa shape index (κ3) is 1.89. The summed E-state index contributed by atoms with van der Waals surface area (Å²) in [5, 5.41) is 37.4. The third-order valence-electron chi connectivity index (χ3n) is 2.57. The van der Waals surface area contributed by atoms with Gasteiger partial charge in [0.1, 0.15) is 18.3 Å². The maximum absolute atomic E-state index is 11.1. The number of hydrogen-bond acceptors (Lipinski definition) is 7. The maximum atomic E-state index is 11.1. The summed E-state index contributed by atoms with van der Waals surface area (Å²) in [6.45, 7) is 0.402. The number of ether oxygens (including phenoxy) is 1. The molecule has 1 aliphatic rings. The minimum atomic E-state index is -2.37. The molecule has 7 nitrogen and oxygen atoms in total. The molecule has 1 fully saturated rings. The van der Waals surface area contributed by atoms with Gasteiger partial charge < -0.3 is 30.9 Å². The number of carbonyl (C=O) groups is 1. The first-order chi connectivity index (χ1) is 6.84. The zero-order valence-corrected chi connectivity index (χ0v) is 8.20. The molecule has 0 bridgehead atoms. The Morgan fingerprint density at radius 1 is 1.47 bits per heavy atom. The summed E-state index contributed by atoms with van der Waals surface area (Å²) < 4.78 is 4.80. The molecule has 6 N–H and O–H groups in total. The van der Waals surface area contributed by atoms with Crippen LogP contribution in [0.25, 0.3) is 0 Å². The lowest BCUT2D eigenvalue weighted by Crippen LogP contribution is -2.70. The van der Waals surface area contributed by atoms with E-state index in [1.54, 1.807) is 0 Å². The largest absolute Gasteiger partial charge is 0.394 e. The van der Waals surface area contributed by atoms with Crippen molar-refractivity contribution in [3.63, 3.8) is 0 Å². The van der Waals surface area contributed by atoms with Crippen molar-refractivity contribution in [1.29, 1.82) is 0 Å². The molecule has 0 saturated carbocycles. The topological polar surface area (TPSA) is 133 Å². The van der Waals surface area contributed by atoms with Crippen LogP contribution in [0.5, 0.6) is 0 Å². The molecule has 7 heteroatoms. The number of rotatable bonds is 2. The van der Waals surface area contributed by atoms with Crippen LogP contribution in [0.3, 0.4) is 0 Å². The first kappa shape index (κ1) is 12.5. The van der Waals surface area contributed by atoms with Gasteiger partial charge in [0.25, 0.3) is 0 Å². The summed E-state index contributed by atoms with van der Waals surface area (Å²) >= 11 is 0. The predicted molar refractivity (Wildman–Crippen MR) is 47.6 cm³/mol. The van der Waals surface area contributed by atoms with Crippen LogP contribution in [0.1, 0.15) is 6.92 Å². The normalized spacial score (nSPS) is 46.5. The van der Waals surface area contributed by atoms with Gasteiger partial charge in [-0.05, 0) is 0 Å². The lowest BCUT2D eigenvalue weighted by Gasteiger charge is -2.44. The number of aliphatic hydroxyl groups is 4. The molecule has 88 valence electrons. The number of ketones is 1. The number of nitrogens with two attached hydrogens (primary N) is 1. The highest BCUT2D eigenvalue weighted by molar-refractivity contribution is 5.84. The van der Waals surface area contributed by atoms with Gasteiger partial charge in [0.15, 0.2) is 5.78 Å². The summed E-state index contributed by atoms with van der Waals surface area (Å²) in [7, 11) is 0. The van der Waals surface area contributed by atoms with Crippen molar-refractivity contribution in [1.82, 2.24) is 0 Å². The van der Waals surface area contributed by atoms with Crippen molar-refractivity contribution in [2.45, 2.75) is 37.1 Å². The Morgan fingerprint density at radius 2 is 2.00 bits per heavy atom. The van der Waals surface area contributed by atoms with Crippen molar-refractivity contribution in [2.24, 2.45) is 5.73 Å². The molecule has 0 amide bonds. The number of aliphatic hydroxyl groups excluding tert-OH is 3. The lowest BCUT2D eigenvalue weighted by molar-refractivity contribution is -0.296. The van der Waals surface area contributed by atoms with Crippen molar-refractivity contribution < 1.29 is 30.0 Å². The van der Waals surface area contributed by atoms with Gasteiger partial charge in [-0.3, -0.25) is 4.79 Å². The summed E-state index contributed by atoms with van der Waals surface area (Å²) in [5.74, 6) is -3.16. The van der Waals surface area contributed by atoms with E-state index in [0.29, 0.717) is 0 Å². The number of Topliss-reactive ketones (excluding diaryl/α,β-unsaturated/α-hetero) is 1. The third-order valence-corrected chi connectivity index (χ3v) is 2.57. The molecule has 0 spiro atoms. The van der Waals surface area contributed by atoms with Gasteiger partial charge in [-0.2, -0.15) is 0 Å². The van der Waals surface area contributed by atoms with Gasteiger partial charge in [-0.25, -0.2) is 0 Å². The minimum absolute atomic E-state index is 0.638. The molecule has 0 aromatic carbocycles. The summed E-state index contributed by atoms with van der Waals surface area (Å²) in [5.41, 5.74) is 5.38. The first-order valence-electron chi connectivity index (χ1n) is 4.48. The van der Waals surface area contributed by atoms with E-state index in [1.165, 1.54) is 0 Å². The second-order valence-electron chi connectivity index (χ2n) is 3.60. The zero-order valence-electron chi connectivity index (χ0n) is 8.20. The van der Waals surface area contributed by atoms with Crippen LogP contribution in [0.2, 0.25) is 0 Å². The molecule has 1 aliphatic heterocycles. The van der Waals surface area contributed by atoms with Gasteiger partial charge in [0, 0.05) is 6.92 Å². The van der Waals surface area contributed by atoms with E-state index in [9.17, 15) is 20.1 Å². The molecule has 0 aromatic rings. The van der Waals surface area contributed by atoms with Crippen molar-refractivity contribution in [2.75, 3.05) is 6.61 Å². The average Bonchev–Trinajstić information content (AvgIpc) is 2.20. The quantitative estimate of drug-likeness (QED) is 0.331. The highest BCUT2D eigenvalue weighted by Crippen LogP contribution is 2.27. The minimum Gasteiger partial charge on any atom is -0.394 e.